The van der Waals surface area contributed by atoms with Crippen LogP contribution in [0.1, 0.15) is 32.8 Å². The van der Waals surface area contributed by atoms with Crippen LogP contribution in [0.2, 0.25) is 0 Å². The summed E-state index contributed by atoms with van der Waals surface area (Å²) in [5, 5.41) is 10.9. The highest BCUT2D eigenvalue weighted by Gasteiger charge is 2.25. The van der Waals surface area contributed by atoms with Gasteiger partial charge in [-0.05, 0) is 31.4 Å². The number of nitrogens with zero attached hydrogens (tertiary/aromatic N) is 1. The molecule has 0 fully saturated rings. The Morgan fingerprint density at radius 3 is 2.43 bits per heavy atom. The largest absolute Gasteiger partial charge is 0.393 e. The van der Waals surface area contributed by atoms with E-state index in [2.05, 4.69) is 4.72 Å². The van der Waals surface area contributed by atoms with Crippen molar-refractivity contribution in [3.8, 4) is 0 Å². The van der Waals surface area contributed by atoms with Crippen LogP contribution in [-0.4, -0.2) is 19.4 Å². The number of hydrogen-bond donors (Lipinski definition) is 2. The molecule has 0 radical (unpaired) electrons. The molecule has 2 atom stereocenters. The van der Waals surface area contributed by atoms with Crippen molar-refractivity contribution in [1.29, 1.82) is 0 Å². The highest BCUT2D eigenvalue weighted by Crippen LogP contribution is 2.28. The number of anilines is 1. The maximum Gasteiger partial charge on any atom is 0.293 e. The topological polar surface area (TPSA) is 115 Å². The van der Waals surface area contributed by atoms with Crippen molar-refractivity contribution in [3.05, 3.63) is 27.8 Å². The van der Waals surface area contributed by atoms with Gasteiger partial charge in [0, 0.05) is 12.1 Å². The third kappa shape index (κ3) is 3.92. The van der Waals surface area contributed by atoms with Gasteiger partial charge in [-0.25, -0.2) is 13.1 Å². The molecule has 1 aromatic carbocycles. The zero-order chi connectivity index (χ0) is 16.4. The molecule has 0 bridgehead atoms. The van der Waals surface area contributed by atoms with Crippen molar-refractivity contribution in [2.45, 2.75) is 45.1 Å². The first-order valence-electron chi connectivity index (χ1n) is 6.67. The molecule has 21 heavy (non-hydrogen) atoms. The normalized spacial score (nSPS) is 14.7. The Balaban J connectivity index is 3.26. The van der Waals surface area contributed by atoms with E-state index in [1.807, 2.05) is 13.8 Å². The lowest BCUT2D eigenvalue weighted by Gasteiger charge is -2.20. The standard InChI is InChI=1S/C13H21N3O4S/c1-5-8(2)10(4)15-21(19,20)13-7-12(16(17)18)11(14)6-9(13)3/h6-8,10,15H,5,14H2,1-4H3. The first kappa shape index (κ1) is 17.4. The summed E-state index contributed by atoms with van der Waals surface area (Å²) in [4.78, 5) is 10.1. The second-order valence-corrected chi connectivity index (χ2v) is 6.91. The van der Waals surface area contributed by atoms with E-state index in [0.717, 1.165) is 12.5 Å². The minimum atomic E-state index is -3.83. The smallest absolute Gasteiger partial charge is 0.293 e. The average molecular weight is 315 g/mol. The molecular weight excluding hydrogens is 294 g/mol. The van der Waals surface area contributed by atoms with Crippen molar-refractivity contribution in [1.82, 2.24) is 4.72 Å². The maximum atomic E-state index is 12.4. The number of sulfonamides is 1. The Kier molecular flexibility index (Phi) is 5.30. The van der Waals surface area contributed by atoms with Crippen LogP contribution in [0.5, 0.6) is 0 Å². The molecule has 1 rings (SSSR count). The van der Waals surface area contributed by atoms with Gasteiger partial charge in [0.2, 0.25) is 10.0 Å². The van der Waals surface area contributed by atoms with E-state index in [-0.39, 0.29) is 22.5 Å². The molecule has 2 unspecified atom stereocenters. The van der Waals surface area contributed by atoms with Crippen LogP contribution >= 0.6 is 0 Å². The molecule has 8 heteroatoms. The molecule has 0 aliphatic carbocycles. The van der Waals surface area contributed by atoms with Crippen molar-refractivity contribution >= 4 is 21.4 Å². The van der Waals surface area contributed by atoms with Gasteiger partial charge < -0.3 is 5.73 Å². The Labute approximate surface area is 124 Å². The van der Waals surface area contributed by atoms with E-state index in [1.165, 1.54) is 6.07 Å². The number of rotatable bonds is 6. The fourth-order valence-electron chi connectivity index (χ4n) is 1.93. The van der Waals surface area contributed by atoms with Crippen LogP contribution in [0.3, 0.4) is 0 Å². The molecule has 0 aromatic heterocycles. The lowest BCUT2D eigenvalue weighted by molar-refractivity contribution is -0.384. The van der Waals surface area contributed by atoms with Gasteiger partial charge in [-0.15, -0.1) is 0 Å². The van der Waals surface area contributed by atoms with Crippen molar-refractivity contribution < 1.29 is 13.3 Å². The summed E-state index contributed by atoms with van der Waals surface area (Å²) in [5.74, 6) is 0.156. The summed E-state index contributed by atoms with van der Waals surface area (Å²) in [6.45, 7) is 7.23. The third-order valence-electron chi connectivity index (χ3n) is 3.65. The van der Waals surface area contributed by atoms with Crippen LogP contribution < -0.4 is 10.5 Å². The zero-order valence-corrected chi connectivity index (χ0v) is 13.4. The fraction of sp³-hybridized carbons (Fsp3) is 0.538. The minimum absolute atomic E-state index is 0.0496. The lowest BCUT2D eigenvalue weighted by Crippen LogP contribution is -2.37. The van der Waals surface area contributed by atoms with Crippen LogP contribution in [-0.2, 0) is 10.0 Å². The van der Waals surface area contributed by atoms with Gasteiger partial charge >= 0.3 is 0 Å². The van der Waals surface area contributed by atoms with Gasteiger partial charge in [0.25, 0.3) is 5.69 Å². The molecule has 1 aromatic rings. The summed E-state index contributed by atoms with van der Waals surface area (Å²) < 4.78 is 27.3. The molecule has 0 saturated carbocycles. The van der Waals surface area contributed by atoms with Crippen LogP contribution in [0.4, 0.5) is 11.4 Å². The summed E-state index contributed by atoms with van der Waals surface area (Å²) in [7, 11) is -3.83. The fourth-order valence-corrected chi connectivity index (χ4v) is 3.52. The molecule has 0 aliphatic heterocycles. The second-order valence-electron chi connectivity index (χ2n) is 5.23. The maximum absolute atomic E-state index is 12.4. The molecule has 0 spiro atoms. The van der Waals surface area contributed by atoms with Crippen LogP contribution in [0, 0.1) is 23.0 Å². The number of nitrogens with one attached hydrogen (secondary N) is 1. The van der Waals surface area contributed by atoms with Crippen LogP contribution in [0.15, 0.2) is 17.0 Å². The van der Waals surface area contributed by atoms with Crippen LogP contribution in [0.25, 0.3) is 0 Å². The van der Waals surface area contributed by atoms with E-state index in [9.17, 15) is 18.5 Å². The monoisotopic (exact) mass is 315 g/mol. The van der Waals surface area contributed by atoms with E-state index >= 15 is 0 Å². The zero-order valence-electron chi connectivity index (χ0n) is 12.6. The van der Waals surface area contributed by atoms with E-state index in [0.29, 0.717) is 5.56 Å². The number of benzene rings is 1. The van der Waals surface area contributed by atoms with Gasteiger partial charge in [-0.1, -0.05) is 20.3 Å². The van der Waals surface area contributed by atoms with Crippen molar-refractivity contribution in [3.63, 3.8) is 0 Å². The number of aryl methyl sites for hydroxylation is 1. The molecule has 3 N–H and O–H groups in total. The van der Waals surface area contributed by atoms with Gasteiger partial charge in [0.05, 0.1) is 9.82 Å². The SMILES string of the molecule is CCC(C)C(C)NS(=O)(=O)c1cc([N+](=O)[O-])c(N)cc1C. The van der Waals surface area contributed by atoms with Gasteiger partial charge in [-0.2, -0.15) is 0 Å². The van der Waals surface area contributed by atoms with Gasteiger partial charge in [0.15, 0.2) is 0 Å². The van der Waals surface area contributed by atoms with Gasteiger partial charge in [0.1, 0.15) is 5.69 Å². The molecule has 118 valence electrons. The molecular formula is C13H21N3O4S. The number of nitrogens with two attached hydrogens (primary N) is 1. The number of nitrogen functional groups attached to an aromatic ring is 1. The molecule has 0 amide bonds. The third-order valence-corrected chi connectivity index (χ3v) is 5.35. The average Bonchev–Trinajstić information content (AvgIpc) is 2.36. The van der Waals surface area contributed by atoms with Crippen molar-refractivity contribution in [2.24, 2.45) is 5.92 Å². The second kappa shape index (κ2) is 6.40. The summed E-state index contributed by atoms with van der Waals surface area (Å²) in [6, 6.07) is 2.05. The molecule has 0 saturated heterocycles. The highest BCUT2D eigenvalue weighted by molar-refractivity contribution is 7.89. The predicted molar refractivity (Wildman–Crippen MR) is 81.5 cm³/mol. The molecule has 0 aliphatic rings. The molecule has 7 nitrogen and oxygen atoms in total. The van der Waals surface area contributed by atoms with Crippen molar-refractivity contribution in [2.75, 3.05) is 5.73 Å². The van der Waals surface area contributed by atoms with E-state index in [4.69, 9.17) is 5.73 Å². The number of nitro benzene ring substituents is 1. The Hall–Kier alpha value is -1.67. The highest BCUT2D eigenvalue weighted by atomic mass is 32.2. The lowest BCUT2D eigenvalue weighted by atomic mass is 10.0. The van der Waals surface area contributed by atoms with Gasteiger partial charge in [-0.3, -0.25) is 10.1 Å². The predicted octanol–water partition coefficient (Wildman–Crippen LogP) is 2.20. The quantitative estimate of drug-likeness (QED) is 0.474. The summed E-state index contributed by atoms with van der Waals surface area (Å²) >= 11 is 0. The Bertz CT molecular complexity index is 643. The Morgan fingerprint density at radius 1 is 1.38 bits per heavy atom. The summed E-state index contributed by atoms with van der Waals surface area (Å²) in [5.41, 5.74) is 5.47. The number of hydrogen-bond acceptors (Lipinski definition) is 5. The first-order valence-corrected chi connectivity index (χ1v) is 8.15. The minimum Gasteiger partial charge on any atom is -0.393 e. The Morgan fingerprint density at radius 2 is 1.95 bits per heavy atom. The van der Waals surface area contributed by atoms with E-state index < -0.39 is 20.6 Å². The molecule has 0 heterocycles. The number of nitro groups is 1. The van der Waals surface area contributed by atoms with E-state index in [1.54, 1.807) is 13.8 Å². The summed E-state index contributed by atoms with van der Waals surface area (Å²) in [6.07, 6.45) is 0.824. The first-order chi connectivity index (χ1) is 9.60.